The molecule has 0 radical (unpaired) electrons. The van der Waals surface area contributed by atoms with Crippen LogP contribution in [0.3, 0.4) is 0 Å². The zero-order valence-electron chi connectivity index (χ0n) is 10.7. The van der Waals surface area contributed by atoms with Crippen LogP contribution >= 0.6 is 0 Å². The van der Waals surface area contributed by atoms with E-state index in [1.807, 2.05) is 13.8 Å². The van der Waals surface area contributed by atoms with E-state index < -0.39 is 5.95 Å². The summed E-state index contributed by atoms with van der Waals surface area (Å²) in [6, 6.07) is 2.55. The van der Waals surface area contributed by atoms with Crippen molar-refractivity contribution in [2.45, 2.75) is 26.7 Å². The number of nitrogens with one attached hydrogen (secondary N) is 1. The highest BCUT2D eigenvalue weighted by Gasteiger charge is 2.25. The summed E-state index contributed by atoms with van der Waals surface area (Å²) in [5, 5.41) is 12.1. The van der Waals surface area contributed by atoms with Gasteiger partial charge in [0, 0.05) is 29.8 Å². The minimum absolute atomic E-state index is 0.0188. The summed E-state index contributed by atoms with van der Waals surface area (Å²) in [5.74, 6) is -1.03. The van der Waals surface area contributed by atoms with Crippen LogP contribution in [0, 0.1) is 11.4 Å². The monoisotopic (exact) mass is 254 g/mol. The highest BCUT2D eigenvalue weighted by atomic mass is 19.1. The van der Waals surface area contributed by atoms with Crippen LogP contribution in [0.4, 0.5) is 4.39 Å². The van der Waals surface area contributed by atoms with E-state index in [1.54, 1.807) is 0 Å². The molecular weight excluding hydrogens is 235 g/mol. The van der Waals surface area contributed by atoms with E-state index in [1.165, 1.54) is 12.3 Å². The Morgan fingerprint density at radius 3 is 2.67 bits per heavy atom. The lowest BCUT2D eigenvalue weighted by atomic mass is 9.83. The van der Waals surface area contributed by atoms with Crippen molar-refractivity contribution in [1.29, 1.82) is 0 Å². The number of rotatable bonds is 6. The number of aliphatic hydroxyl groups is 1. The molecule has 0 fully saturated rings. The van der Waals surface area contributed by atoms with E-state index in [4.69, 9.17) is 0 Å². The van der Waals surface area contributed by atoms with E-state index in [0.29, 0.717) is 6.54 Å². The lowest BCUT2D eigenvalue weighted by Crippen LogP contribution is -2.39. The molecule has 1 rings (SSSR count). The van der Waals surface area contributed by atoms with Crippen molar-refractivity contribution >= 4 is 5.91 Å². The molecule has 100 valence electrons. The molecule has 1 aromatic heterocycles. The average molecular weight is 254 g/mol. The first-order valence-corrected chi connectivity index (χ1v) is 6.07. The molecule has 0 atom stereocenters. The summed E-state index contributed by atoms with van der Waals surface area (Å²) in [6.45, 7) is 4.33. The highest BCUT2D eigenvalue weighted by molar-refractivity contribution is 5.94. The summed E-state index contributed by atoms with van der Waals surface area (Å²) in [4.78, 5) is 15.2. The van der Waals surface area contributed by atoms with E-state index in [-0.39, 0.29) is 23.5 Å². The second-order valence-corrected chi connectivity index (χ2v) is 4.42. The van der Waals surface area contributed by atoms with Gasteiger partial charge in [-0.25, -0.2) is 4.98 Å². The van der Waals surface area contributed by atoms with Gasteiger partial charge in [-0.3, -0.25) is 4.79 Å². The van der Waals surface area contributed by atoms with Crippen LogP contribution in [0.1, 0.15) is 37.0 Å². The number of pyridine rings is 1. The molecule has 0 saturated carbocycles. The number of aliphatic hydroxyl groups excluding tert-OH is 1. The van der Waals surface area contributed by atoms with Gasteiger partial charge in [0.05, 0.1) is 6.61 Å². The molecule has 0 bridgehead atoms. The van der Waals surface area contributed by atoms with Crippen LogP contribution in [0.5, 0.6) is 0 Å². The second-order valence-electron chi connectivity index (χ2n) is 4.42. The van der Waals surface area contributed by atoms with Gasteiger partial charge in [-0.15, -0.1) is 0 Å². The fourth-order valence-corrected chi connectivity index (χ4v) is 1.69. The summed E-state index contributed by atoms with van der Waals surface area (Å²) < 4.78 is 12.9. The first kappa shape index (κ1) is 14.6. The third kappa shape index (κ3) is 3.50. The van der Waals surface area contributed by atoms with Crippen molar-refractivity contribution in [3.8, 4) is 0 Å². The molecule has 0 aliphatic rings. The summed E-state index contributed by atoms with van der Waals surface area (Å²) >= 11 is 0. The zero-order chi connectivity index (χ0) is 13.6. The highest BCUT2D eigenvalue weighted by Crippen LogP contribution is 2.24. The average Bonchev–Trinajstić information content (AvgIpc) is 2.40. The van der Waals surface area contributed by atoms with Crippen molar-refractivity contribution in [3.05, 3.63) is 29.8 Å². The number of carbonyl (C=O) groups excluding carboxylic acids is 1. The molecule has 0 aromatic carbocycles. The number of hydrogen-bond acceptors (Lipinski definition) is 3. The Kier molecular flexibility index (Phi) is 5.22. The van der Waals surface area contributed by atoms with Crippen LogP contribution in [-0.4, -0.2) is 29.1 Å². The number of aromatic nitrogens is 1. The summed E-state index contributed by atoms with van der Waals surface area (Å²) in [5.41, 5.74) is -0.0668. The zero-order valence-corrected chi connectivity index (χ0v) is 10.7. The number of nitrogens with zero attached hydrogens (tertiary/aromatic N) is 1. The molecule has 0 unspecified atom stereocenters. The van der Waals surface area contributed by atoms with Gasteiger partial charge >= 0.3 is 0 Å². The molecule has 1 amide bonds. The Hall–Kier alpha value is -1.49. The second kappa shape index (κ2) is 6.44. The van der Waals surface area contributed by atoms with Gasteiger partial charge in [0.2, 0.25) is 5.95 Å². The third-order valence-electron chi connectivity index (χ3n) is 3.45. The third-order valence-corrected chi connectivity index (χ3v) is 3.45. The van der Waals surface area contributed by atoms with Crippen LogP contribution in [-0.2, 0) is 0 Å². The van der Waals surface area contributed by atoms with Gasteiger partial charge < -0.3 is 10.4 Å². The predicted molar refractivity (Wildman–Crippen MR) is 66.6 cm³/mol. The lowest BCUT2D eigenvalue weighted by molar-refractivity contribution is 0.0850. The van der Waals surface area contributed by atoms with Crippen molar-refractivity contribution in [2.75, 3.05) is 13.2 Å². The Labute approximate surface area is 106 Å². The molecule has 5 heteroatoms. The Bertz CT molecular complexity index is 397. The van der Waals surface area contributed by atoms with Crippen LogP contribution in [0.2, 0.25) is 0 Å². The number of halogens is 1. The normalized spacial score (nSPS) is 11.3. The van der Waals surface area contributed by atoms with E-state index in [9.17, 15) is 14.3 Å². The van der Waals surface area contributed by atoms with Crippen molar-refractivity contribution < 1.29 is 14.3 Å². The fraction of sp³-hybridized carbons (Fsp3) is 0.538. The molecular formula is C13H19FN2O2. The Morgan fingerprint density at radius 1 is 1.50 bits per heavy atom. The maximum absolute atomic E-state index is 12.9. The quantitative estimate of drug-likeness (QED) is 0.760. The predicted octanol–water partition coefficient (Wildman–Crippen LogP) is 1.75. The lowest BCUT2D eigenvalue weighted by Gasteiger charge is -2.29. The first-order valence-electron chi connectivity index (χ1n) is 6.07. The van der Waals surface area contributed by atoms with Gasteiger partial charge in [0.15, 0.2) is 0 Å². The SMILES string of the molecule is CCC(CC)(CO)CNC(=O)c1ccnc(F)c1. The molecule has 0 aliphatic carbocycles. The Balaban J connectivity index is 2.66. The van der Waals surface area contributed by atoms with Crippen molar-refractivity contribution in [3.63, 3.8) is 0 Å². The van der Waals surface area contributed by atoms with Gasteiger partial charge in [-0.1, -0.05) is 13.8 Å². The van der Waals surface area contributed by atoms with Crippen LogP contribution < -0.4 is 5.32 Å². The summed E-state index contributed by atoms with van der Waals surface area (Å²) in [6.07, 6.45) is 2.79. The molecule has 0 spiro atoms. The van der Waals surface area contributed by atoms with E-state index >= 15 is 0 Å². The molecule has 4 nitrogen and oxygen atoms in total. The molecule has 1 aromatic rings. The molecule has 18 heavy (non-hydrogen) atoms. The van der Waals surface area contributed by atoms with Gasteiger partial charge in [0.25, 0.3) is 5.91 Å². The minimum atomic E-state index is -0.679. The van der Waals surface area contributed by atoms with Crippen molar-refractivity contribution in [2.24, 2.45) is 5.41 Å². The topological polar surface area (TPSA) is 62.2 Å². The van der Waals surface area contributed by atoms with Crippen LogP contribution in [0.15, 0.2) is 18.3 Å². The fourth-order valence-electron chi connectivity index (χ4n) is 1.69. The maximum Gasteiger partial charge on any atom is 0.251 e. The van der Waals surface area contributed by atoms with E-state index in [2.05, 4.69) is 10.3 Å². The largest absolute Gasteiger partial charge is 0.396 e. The van der Waals surface area contributed by atoms with Crippen LogP contribution in [0.25, 0.3) is 0 Å². The van der Waals surface area contributed by atoms with Crippen molar-refractivity contribution in [1.82, 2.24) is 10.3 Å². The minimum Gasteiger partial charge on any atom is -0.396 e. The van der Waals surface area contributed by atoms with Gasteiger partial charge in [-0.2, -0.15) is 4.39 Å². The van der Waals surface area contributed by atoms with Gasteiger partial charge in [0.1, 0.15) is 0 Å². The molecule has 0 aliphatic heterocycles. The smallest absolute Gasteiger partial charge is 0.251 e. The standard InChI is InChI=1S/C13H19FN2O2/c1-3-13(4-2,9-17)8-16-12(18)10-5-6-15-11(14)7-10/h5-7,17H,3-4,8-9H2,1-2H3,(H,16,18). The number of hydrogen-bond donors (Lipinski definition) is 2. The molecule has 2 N–H and O–H groups in total. The molecule has 0 saturated heterocycles. The Morgan fingerprint density at radius 2 is 2.17 bits per heavy atom. The number of carbonyl (C=O) groups is 1. The number of amides is 1. The van der Waals surface area contributed by atoms with E-state index in [0.717, 1.165) is 18.9 Å². The summed E-state index contributed by atoms with van der Waals surface area (Å²) in [7, 11) is 0. The first-order chi connectivity index (χ1) is 8.56. The van der Waals surface area contributed by atoms with Gasteiger partial charge in [-0.05, 0) is 18.9 Å². The molecule has 1 heterocycles. The maximum atomic E-state index is 12.9.